The number of nitrogens with zero attached hydrogens (tertiary/aromatic N) is 1. The van der Waals surface area contributed by atoms with Gasteiger partial charge in [0.15, 0.2) is 0 Å². The lowest BCUT2D eigenvalue weighted by Gasteiger charge is -2.18. The van der Waals surface area contributed by atoms with Gasteiger partial charge in [0.25, 0.3) is 0 Å². The number of hydrogen-bond acceptors (Lipinski definition) is 3. The minimum atomic E-state index is -3.39. The first-order valence-electron chi connectivity index (χ1n) is 5.61. The Morgan fingerprint density at radius 2 is 1.82 bits per heavy atom. The first-order chi connectivity index (χ1) is 7.84. The highest BCUT2D eigenvalue weighted by Gasteiger charge is 2.22. The highest BCUT2D eigenvalue weighted by molar-refractivity contribution is 7.89. The summed E-state index contributed by atoms with van der Waals surface area (Å²) in [5.41, 5.74) is 8.28. The minimum Gasteiger partial charge on any atom is -0.326 e. The molecule has 0 saturated carbocycles. The Hall–Kier alpha value is -0.910. The van der Waals surface area contributed by atoms with E-state index in [4.69, 9.17) is 5.73 Å². The third kappa shape index (κ3) is 2.68. The van der Waals surface area contributed by atoms with E-state index >= 15 is 0 Å². The van der Waals surface area contributed by atoms with Crippen LogP contribution in [0.1, 0.15) is 23.6 Å². The lowest BCUT2D eigenvalue weighted by atomic mass is 10.1. The van der Waals surface area contributed by atoms with Crippen LogP contribution in [-0.2, 0) is 16.6 Å². The lowest BCUT2D eigenvalue weighted by molar-refractivity contribution is 0.485. The van der Waals surface area contributed by atoms with Gasteiger partial charge in [-0.1, -0.05) is 13.0 Å². The van der Waals surface area contributed by atoms with Gasteiger partial charge in [0.1, 0.15) is 0 Å². The molecule has 17 heavy (non-hydrogen) atoms. The maximum absolute atomic E-state index is 12.2. The quantitative estimate of drug-likeness (QED) is 0.885. The molecule has 0 heterocycles. The molecular weight excluding hydrogens is 236 g/mol. The van der Waals surface area contributed by atoms with Crippen molar-refractivity contribution in [2.24, 2.45) is 5.73 Å². The van der Waals surface area contributed by atoms with Gasteiger partial charge in [-0.25, -0.2) is 12.7 Å². The van der Waals surface area contributed by atoms with E-state index in [9.17, 15) is 8.42 Å². The Kier molecular flexibility index (Phi) is 4.30. The molecular formula is C12H20N2O2S. The summed E-state index contributed by atoms with van der Waals surface area (Å²) < 4.78 is 25.8. The molecule has 0 radical (unpaired) electrons. The van der Waals surface area contributed by atoms with Crippen molar-refractivity contribution in [2.75, 3.05) is 13.6 Å². The zero-order valence-electron chi connectivity index (χ0n) is 10.8. The molecule has 4 nitrogen and oxygen atoms in total. The predicted octanol–water partition coefficient (Wildman–Crippen LogP) is 1.40. The van der Waals surface area contributed by atoms with Crippen LogP contribution in [-0.4, -0.2) is 26.3 Å². The third-order valence-electron chi connectivity index (χ3n) is 2.99. The molecule has 0 aliphatic carbocycles. The van der Waals surface area contributed by atoms with Crippen LogP contribution in [0.5, 0.6) is 0 Å². The smallest absolute Gasteiger partial charge is 0.243 e. The predicted molar refractivity (Wildman–Crippen MR) is 69.3 cm³/mol. The summed E-state index contributed by atoms with van der Waals surface area (Å²) in [5, 5.41) is 0. The second-order valence-corrected chi connectivity index (χ2v) is 6.18. The molecule has 1 aromatic rings. The Balaban J connectivity index is 3.42. The largest absolute Gasteiger partial charge is 0.326 e. The second-order valence-electron chi connectivity index (χ2n) is 4.17. The molecule has 1 rings (SSSR count). The van der Waals surface area contributed by atoms with E-state index in [1.807, 2.05) is 26.8 Å². The number of rotatable bonds is 4. The average molecular weight is 256 g/mol. The van der Waals surface area contributed by atoms with E-state index in [1.54, 1.807) is 13.1 Å². The molecule has 0 bridgehead atoms. The topological polar surface area (TPSA) is 63.4 Å². The number of nitrogens with two attached hydrogens (primary N) is 1. The Labute approximate surface area is 103 Å². The van der Waals surface area contributed by atoms with E-state index in [-0.39, 0.29) is 0 Å². The van der Waals surface area contributed by atoms with Crippen LogP contribution in [0.4, 0.5) is 0 Å². The van der Waals surface area contributed by atoms with E-state index < -0.39 is 10.0 Å². The van der Waals surface area contributed by atoms with Gasteiger partial charge in [-0.2, -0.15) is 0 Å². The molecule has 0 fully saturated rings. The van der Waals surface area contributed by atoms with Gasteiger partial charge in [-0.05, 0) is 36.6 Å². The zero-order valence-corrected chi connectivity index (χ0v) is 11.6. The third-order valence-corrected chi connectivity index (χ3v) is 5.06. The number of sulfonamides is 1. The highest BCUT2D eigenvalue weighted by Crippen LogP contribution is 2.22. The molecule has 0 spiro atoms. The van der Waals surface area contributed by atoms with Crippen molar-refractivity contribution >= 4 is 10.0 Å². The zero-order chi connectivity index (χ0) is 13.2. The van der Waals surface area contributed by atoms with Crippen molar-refractivity contribution in [2.45, 2.75) is 32.2 Å². The molecule has 0 aliphatic heterocycles. The van der Waals surface area contributed by atoms with Gasteiger partial charge in [-0.15, -0.1) is 0 Å². The molecule has 0 aliphatic rings. The van der Waals surface area contributed by atoms with Crippen molar-refractivity contribution in [1.29, 1.82) is 0 Å². The maximum Gasteiger partial charge on any atom is 0.243 e. The summed E-state index contributed by atoms with van der Waals surface area (Å²) in [5.74, 6) is 0. The SMILES string of the molecule is CCN(C)S(=O)(=O)c1cc(CN)c(C)cc1C. The highest BCUT2D eigenvalue weighted by atomic mass is 32.2. The number of aryl methyl sites for hydroxylation is 2. The van der Waals surface area contributed by atoms with E-state index in [1.165, 1.54) is 4.31 Å². The van der Waals surface area contributed by atoms with Crippen LogP contribution in [0.15, 0.2) is 17.0 Å². The fourth-order valence-electron chi connectivity index (χ4n) is 1.71. The van der Waals surface area contributed by atoms with Crippen LogP contribution in [0.25, 0.3) is 0 Å². The van der Waals surface area contributed by atoms with E-state index in [2.05, 4.69) is 0 Å². The monoisotopic (exact) mass is 256 g/mol. The summed E-state index contributed by atoms with van der Waals surface area (Å²) in [4.78, 5) is 0.355. The molecule has 0 aromatic heterocycles. The van der Waals surface area contributed by atoms with Crippen LogP contribution in [0, 0.1) is 13.8 Å². The van der Waals surface area contributed by atoms with Crippen molar-refractivity contribution in [3.8, 4) is 0 Å². The number of benzene rings is 1. The van der Waals surface area contributed by atoms with Gasteiger partial charge in [0, 0.05) is 20.1 Å². The molecule has 5 heteroatoms. The van der Waals surface area contributed by atoms with Crippen LogP contribution >= 0.6 is 0 Å². The molecule has 1 aromatic carbocycles. The average Bonchev–Trinajstić information content (AvgIpc) is 2.27. The van der Waals surface area contributed by atoms with Crippen molar-refractivity contribution in [1.82, 2.24) is 4.31 Å². The fourth-order valence-corrected chi connectivity index (χ4v) is 3.14. The van der Waals surface area contributed by atoms with Crippen LogP contribution in [0.2, 0.25) is 0 Å². The summed E-state index contributed by atoms with van der Waals surface area (Å²) in [6.45, 7) is 6.36. The summed E-state index contributed by atoms with van der Waals surface area (Å²) in [7, 11) is -1.81. The second kappa shape index (κ2) is 5.16. The van der Waals surface area contributed by atoms with Crippen LogP contribution in [0.3, 0.4) is 0 Å². The van der Waals surface area contributed by atoms with Gasteiger partial charge < -0.3 is 5.73 Å². The summed E-state index contributed by atoms with van der Waals surface area (Å²) >= 11 is 0. The van der Waals surface area contributed by atoms with E-state index in [0.29, 0.717) is 18.0 Å². The number of hydrogen-bond donors (Lipinski definition) is 1. The first-order valence-corrected chi connectivity index (χ1v) is 7.05. The standard InChI is InChI=1S/C12H20N2O2S/c1-5-14(4)17(15,16)12-7-11(8-13)9(2)6-10(12)3/h6-7H,5,8,13H2,1-4H3. The van der Waals surface area contributed by atoms with Gasteiger partial charge in [0.05, 0.1) is 4.90 Å². The summed E-state index contributed by atoms with van der Waals surface area (Å²) in [6, 6.07) is 3.56. The Morgan fingerprint density at radius 1 is 1.24 bits per heavy atom. The normalized spacial score (nSPS) is 12.1. The first kappa shape index (κ1) is 14.2. The molecule has 2 N–H and O–H groups in total. The molecule has 0 unspecified atom stereocenters. The molecule has 0 saturated heterocycles. The maximum atomic E-state index is 12.2. The van der Waals surface area contributed by atoms with Crippen molar-refractivity contribution in [3.05, 3.63) is 28.8 Å². The van der Waals surface area contributed by atoms with Gasteiger partial charge >= 0.3 is 0 Å². The summed E-state index contributed by atoms with van der Waals surface area (Å²) in [6.07, 6.45) is 0. The Morgan fingerprint density at radius 3 is 2.29 bits per heavy atom. The van der Waals surface area contributed by atoms with Crippen molar-refractivity contribution in [3.63, 3.8) is 0 Å². The lowest BCUT2D eigenvalue weighted by Crippen LogP contribution is -2.27. The fraction of sp³-hybridized carbons (Fsp3) is 0.500. The van der Waals surface area contributed by atoms with Crippen LogP contribution < -0.4 is 5.73 Å². The van der Waals surface area contributed by atoms with Crippen molar-refractivity contribution < 1.29 is 8.42 Å². The molecule has 0 atom stereocenters. The minimum absolute atomic E-state index is 0.352. The molecule has 0 amide bonds. The van der Waals surface area contributed by atoms with E-state index in [0.717, 1.165) is 16.7 Å². The van der Waals surface area contributed by atoms with Gasteiger partial charge in [-0.3, -0.25) is 0 Å². The molecule has 96 valence electrons. The van der Waals surface area contributed by atoms with Gasteiger partial charge in [0.2, 0.25) is 10.0 Å². The Bertz CT molecular complexity index is 509.